The number of aliphatic hydroxyl groups excluding tert-OH is 1. The molecule has 3 heterocycles. The van der Waals surface area contributed by atoms with Crippen molar-refractivity contribution in [3.63, 3.8) is 0 Å². The number of hydrogen-bond acceptors (Lipinski definition) is 4. The maximum atomic E-state index is 12.5. The van der Waals surface area contributed by atoms with Crippen LogP contribution in [0.1, 0.15) is 24.0 Å². The second kappa shape index (κ2) is 6.81. The predicted molar refractivity (Wildman–Crippen MR) is 79.1 cm³/mol. The van der Waals surface area contributed by atoms with Gasteiger partial charge in [0.05, 0.1) is 31.9 Å². The zero-order valence-electron chi connectivity index (χ0n) is 12.3. The maximum Gasteiger partial charge on any atom is 0.228 e. The van der Waals surface area contributed by atoms with Crippen molar-refractivity contribution >= 4 is 5.91 Å². The molecular weight excluding hydrogens is 284 g/mol. The smallest absolute Gasteiger partial charge is 0.228 e. The minimum atomic E-state index is -0.734. The van der Waals surface area contributed by atoms with E-state index in [-0.39, 0.29) is 11.9 Å². The van der Waals surface area contributed by atoms with Gasteiger partial charge in [-0.1, -0.05) is 0 Å². The molecule has 2 N–H and O–H groups in total. The van der Waals surface area contributed by atoms with Crippen LogP contribution in [0.15, 0.2) is 41.1 Å². The minimum Gasteiger partial charge on any atom is -0.467 e. The van der Waals surface area contributed by atoms with Crippen molar-refractivity contribution in [1.29, 1.82) is 0 Å². The number of morpholine rings is 1. The number of nitrogens with one attached hydrogen (secondary N) is 1. The summed E-state index contributed by atoms with van der Waals surface area (Å²) in [5.74, 6) is 0.560. The molecule has 0 saturated carbocycles. The van der Waals surface area contributed by atoms with Gasteiger partial charge in [0.25, 0.3) is 0 Å². The van der Waals surface area contributed by atoms with Crippen molar-refractivity contribution in [2.75, 3.05) is 19.8 Å². The number of ether oxygens (including phenoxy) is 1. The Kier molecular flexibility index (Phi) is 4.60. The molecule has 0 spiro atoms. The van der Waals surface area contributed by atoms with Gasteiger partial charge in [-0.2, -0.15) is 0 Å². The minimum absolute atomic E-state index is 0.0439. The highest BCUT2D eigenvalue weighted by Crippen LogP contribution is 2.23. The quantitative estimate of drug-likeness (QED) is 0.877. The first-order valence-electron chi connectivity index (χ1n) is 7.45. The molecule has 1 fully saturated rings. The number of aromatic amines is 1. The van der Waals surface area contributed by atoms with E-state index in [0.717, 1.165) is 5.69 Å². The Morgan fingerprint density at radius 3 is 3.09 bits per heavy atom. The molecule has 0 radical (unpaired) electrons. The molecule has 0 aliphatic carbocycles. The van der Waals surface area contributed by atoms with Crippen molar-refractivity contribution in [1.82, 2.24) is 9.88 Å². The second-order valence-electron chi connectivity index (χ2n) is 5.45. The lowest BCUT2D eigenvalue weighted by Crippen LogP contribution is -2.49. The van der Waals surface area contributed by atoms with Gasteiger partial charge in [0.2, 0.25) is 5.91 Å². The fraction of sp³-hybridized carbons (Fsp3) is 0.438. The van der Waals surface area contributed by atoms with Gasteiger partial charge in [0.1, 0.15) is 11.9 Å². The molecule has 6 heteroatoms. The van der Waals surface area contributed by atoms with Crippen LogP contribution in [0.25, 0.3) is 0 Å². The highest BCUT2D eigenvalue weighted by molar-refractivity contribution is 5.78. The molecule has 1 aliphatic rings. The van der Waals surface area contributed by atoms with E-state index in [0.29, 0.717) is 38.4 Å². The Balaban J connectivity index is 1.64. The zero-order chi connectivity index (χ0) is 15.4. The lowest BCUT2D eigenvalue weighted by atomic mass is 10.0. The molecule has 1 amide bonds. The Morgan fingerprint density at radius 2 is 2.36 bits per heavy atom. The van der Waals surface area contributed by atoms with Crippen LogP contribution in [0.3, 0.4) is 0 Å². The third-order valence-corrected chi connectivity index (χ3v) is 3.92. The first-order chi connectivity index (χ1) is 10.7. The summed E-state index contributed by atoms with van der Waals surface area (Å²) in [4.78, 5) is 17.3. The fourth-order valence-corrected chi connectivity index (χ4v) is 2.78. The summed E-state index contributed by atoms with van der Waals surface area (Å²) in [7, 11) is 0. The van der Waals surface area contributed by atoms with Gasteiger partial charge in [-0.05, 0) is 24.3 Å². The van der Waals surface area contributed by atoms with Crippen LogP contribution in [-0.4, -0.2) is 46.7 Å². The summed E-state index contributed by atoms with van der Waals surface area (Å²) in [6.07, 6.45) is 3.34. The monoisotopic (exact) mass is 304 g/mol. The summed E-state index contributed by atoms with van der Waals surface area (Å²) in [6.45, 7) is 1.52. The van der Waals surface area contributed by atoms with E-state index in [2.05, 4.69) is 4.98 Å². The van der Waals surface area contributed by atoms with Gasteiger partial charge in [-0.3, -0.25) is 4.79 Å². The molecule has 118 valence electrons. The summed E-state index contributed by atoms with van der Waals surface area (Å²) < 4.78 is 10.7. The standard InChI is InChI=1S/C16H20N2O4/c19-14(15-4-2-7-22-15)10-13-11-21-8-6-18(13)16(20)9-12-3-1-5-17-12/h1-5,7,13-14,17,19H,6,8-11H2. The summed E-state index contributed by atoms with van der Waals surface area (Å²) in [5.41, 5.74) is 0.891. The summed E-state index contributed by atoms with van der Waals surface area (Å²) in [6, 6.07) is 7.10. The number of rotatable bonds is 5. The van der Waals surface area contributed by atoms with Crippen LogP contribution >= 0.6 is 0 Å². The number of hydrogen-bond donors (Lipinski definition) is 2. The van der Waals surface area contributed by atoms with Gasteiger partial charge < -0.3 is 24.1 Å². The lowest BCUT2D eigenvalue weighted by Gasteiger charge is -2.36. The van der Waals surface area contributed by atoms with Crippen molar-refractivity contribution in [3.05, 3.63) is 48.2 Å². The predicted octanol–water partition coefficient (Wildman–Crippen LogP) is 1.50. The van der Waals surface area contributed by atoms with Crippen molar-refractivity contribution in [3.8, 4) is 0 Å². The molecule has 2 unspecified atom stereocenters. The molecule has 1 saturated heterocycles. The number of carbonyl (C=O) groups is 1. The zero-order valence-corrected chi connectivity index (χ0v) is 12.3. The first kappa shape index (κ1) is 14.9. The highest BCUT2D eigenvalue weighted by atomic mass is 16.5. The molecule has 22 heavy (non-hydrogen) atoms. The number of nitrogens with zero attached hydrogens (tertiary/aromatic N) is 1. The molecule has 2 aromatic heterocycles. The molecule has 3 rings (SSSR count). The van der Waals surface area contributed by atoms with E-state index in [4.69, 9.17) is 9.15 Å². The normalized spacial score (nSPS) is 20.0. The summed E-state index contributed by atoms with van der Waals surface area (Å²) in [5, 5.41) is 10.2. The molecule has 1 aliphatic heterocycles. The van der Waals surface area contributed by atoms with Gasteiger partial charge in [-0.15, -0.1) is 0 Å². The van der Waals surface area contributed by atoms with Gasteiger partial charge >= 0.3 is 0 Å². The molecule has 2 atom stereocenters. The van der Waals surface area contributed by atoms with E-state index >= 15 is 0 Å². The van der Waals surface area contributed by atoms with E-state index in [1.807, 2.05) is 12.1 Å². The Morgan fingerprint density at radius 1 is 1.45 bits per heavy atom. The number of aliphatic hydroxyl groups is 1. The van der Waals surface area contributed by atoms with E-state index < -0.39 is 6.10 Å². The fourth-order valence-electron chi connectivity index (χ4n) is 2.78. The van der Waals surface area contributed by atoms with Crippen LogP contribution in [0.5, 0.6) is 0 Å². The number of aromatic nitrogens is 1. The van der Waals surface area contributed by atoms with E-state index in [1.165, 1.54) is 6.26 Å². The highest BCUT2D eigenvalue weighted by Gasteiger charge is 2.30. The van der Waals surface area contributed by atoms with Crippen molar-refractivity contribution in [2.24, 2.45) is 0 Å². The molecule has 2 aromatic rings. The maximum absolute atomic E-state index is 12.5. The average molecular weight is 304 g/mol. The lowest BCUT2D eigenvalue weighted by molar-refractivity contribution is -0.140. The topological polar surface area (TPSA) is 78.7 Å². The number of H-pyrrole nitrogens is 1. The number of furan rings is 1. The van der Waals surface area contributed by atoms with Crippen molar-refractivity contribution < 1.29 is 19.1 Å². The van der Waals surface area contributed by atoms with Crippen LogP contribution in [0.4, 0.5) is 0 Å². The summed E-state index contributed by atoms with van der Waals surface area (Å²) >= 11 is 0. The molecular formula is C16H20N2O4. The van der Waals surface area contributed by atoms with Crippen LogP contribution in [0, 0.1) is 0 Å². The third-order valence-electron chi connectivity index (χ3n) is 3.92. The van der Waals surface area contributed by atoms with Crippen LogP contribution in [-0.2, 0) is 16.0 Å². The van der Waals surface area contributed by atoms with Crippen LogP contribution in [0.2, 0.25) is 0 Å². The van der Waals surface area contributed by atoms with Crippen LogP contribution < -0.4 is 0 Å². The second-order valence-corrected chi connectivity index (χ2v) is 5.45. The number of amides is 1. The molecule has 6 nitrogen and oxygen atoms in total. The van der Waals surface area contributed by atoms with E-state index in [1.54, 1.807) is 23.2 Å². The van der Waals surface area contributed by atoms with E-state index in [9.17, 15) is 9.90 Å². The third kappa shape index (κ3) is 3.40. The largest absolute Gasteiger partial charge is 0.467 e. The Labute approximate surface area is 128 Å². The van der Waals surface area contributed by atoms with Gasteiger partial charge in [0, 0.05) is 24.9 Å². The molecule has 0 bridgehead atoms. The number of carbonyl (C=O) groups excluding carboxylic acids is 1. The molecule has 0 aromatic carbocycles. The van der Waals surface area contributed by atoms with Gasteiger partial charge in [0.15, 0.2) is 0 Å². The van der Waals surface area contributed by atoms with Gasteiger partial charge in [-0.25, -0.2) is 0 Å². The average Bonchev–Trinajstić information content (AvgIpc) is 3.21. The first-order valence-corrected chi connectivity index (χ1v) is 7.45. The van der Waals surface area contributed by atoms with Crippen molar-refractivity contribution in [2.45, 2.75) is 25.0 Å². The Hall–Kier alpha value is -2.05. The Bertz CT molecular complexity index is 579. The SMILES string of the molecule is O=C(Cc1ccc[nH]1)N1CCOCC1CC(O)c1ccco1.